The summed E-state index contributed by atoms with van der Waals surface area (Å²) in [7, 11) is 0. The Balaban J connectivity index is 1.90. The van der Waals surface area contributed by atoms with Crippen LogP contribution in [0, 0.1) is 0 Å². The van der Waals surface area contributed by atoms with Crippen LogP contribution in [-0.4, -0.2) is 10.2 Å². The van der Waals surface area contributed by atoms with Crippen LogP contribution in [0.15, 0.2) is 35.7 Å². The Hall–Kier alpha value is -1.58. The SMILES string of the molecule is Clc1cccc(-c2n[nH]c3c2Cc2sccc2-3)c1. The second-order valence-corrected chi connectivity index (χ2v) is 5.81. The molecule has 0 amide bonds. The van der Waals surface area contributed by atoms with Gasteiger partial charge in [-0.25, -0.2) is 0 Å². The molecule has 2 nitrogen and oxygen atoms in total. The van der Waals surface area contributed by atoms with Gasteiger partial charge in [0.25, 0.3) is 0 Å². The molecule has 1 N–H and O–H groups in total. The topological polar surface area (TPSA) is 28.7 Å². The Kier molecular flexibility index (Phi) is 2.13. The smallest absolute Gasteiger partial charge is 0.0963 e. The van der Waals surface area contributed by atoms with Gasteiger partial charge < -0.3 is 0 Å². The van der Waals surface area contributed by atoms with Gasteiger partial charge in [-0.1, -0.05) is 23.7 Å². The van der Waals surface area contributed by atoms with Gasteiger partial charge in [0.2, 0.25) is 0 Å². The summed E-state index contributed by atoms with van der Waals surface area (Å²) >= 11 is 7.85. The van der Waals surface area contributed by atoms with Crippen molar-refractivity contribution in [3.63, 3.8) is 0 Å². The van der Waals surface area contributed by atoms with E-state index in [2.05, 4.69) is 27.7 Å². The lowest BCUT2D eigenvalue weighted by atomic mass is 10.1. The summed E-state index contributed by atoms with van der Waals surface area (Å²) in [4.78, 5) is 1.42. The number of nitrogens with one attached hydrogen (secondary N) is 1. The van der Waals surface area contributed by atoms with Crippen molar-refractivity contribution in [3.05, 3.63) is 51.2 Å². The molecule has 1 aliphatic carbocycles. The molecule has 0 spiro atoms. The normalized spacial score (nSPS) is 12.5. The lowest BCUT2D eigenvalue weighted by Gasteiger charge is -2.00. The highest BCUT2D eigenvalue weighted by atomic mass is 35.5. The van der Waals surface area contributed by atoms with E-state index in [1.54, 1.807) is 11.3 Å². The van der Waals surface area contributed by atoms with Gasteiger partial charge in [0.15, 0.2) is 0 Å². The summed E-state index contributed by atoms with van der Waals surface area (Å²) in [5.74, 6) is 0. The van der Waals surface area contributed by atoms with E-state index in [0.717, 1.165) is 22.7 Å². The zero-order chi connectivity index (χ0) is 12.1. The maximum atomic E-state index is 6.04. The van der Waals surface area contributed by atoms with Gasteiger partial charge in [0.05, 0.1) is 11.4 Å². The average Bonchev–Trinajstić information content (AvgIpc) is 2.99. The molecular formula is C14H9ClN2S. The van der Waals surface area contributed by atoms with Crippen LogP contribution in [0.4, 0.5) is 0 Å². The van der Waals surface area contributed by atoms with Gasteiger partial charge >= 0.3 is 0 Å². The summed E-state index contributed by atoms with van der Waals surface area (Å²) in [5.41, 5.74) is 5.86. The van der Waals surface area contributed by atoms with Crippen molar-refractivity contribution < 1.29 is 0 Å². The van der Waals surface area contributed by atoms with E-state index in [0.29, 0.717) is 0 Å². The largest absolute Gasteiger partial charge is 0.277 e. The van der Waals surface area contributed by atoms with Crippen LogP contribution >= 0.6 is 22.9 Å². The summed E-state index contributed by atoms with van der Waals surface area (Å²) in [6.07, 6.45) is 0.973. The molecule has 4 rings (SSSR count). The first-order valence-corrected chi connectivity index (χ1v) is 6.98. The fourth-order valence-corrected chi connectivity index (χ4v) is 3.58. The van der Waals surface area contributed by atoms with E-state index in [4.69, 9.17) is 11.6 Å². The molecule has 4 heteroatoms. The number of benzene rings is 1. The first-order valence-electron chi connectivity index (χ1n) is 5.73. The number of halogens is 1. The van der Waals surface area contributed by atoms with Crippen LogP contribution < -0.4 is 0 Å². The highest BCUT2D eigenvalue weighted by Crippen LogP contribution is 2.42. The van der Waals surface area contributed by atoms with E-state index >= 15 is 0 Å². The molecule has 0 atom stereocenters. The standard InChI is InChI=1S/C14H9ClN2S/c15-9-3-1-2-8(6-9)13-11-7-12-10(4-5-18-12)14(11)17-16-13/h1-6H,7H2,(H,16,17). The van der Waals surface area contributed by atoms with Crippen molar-refractivity contribution in [2.24, 2.45) is 0 Å². The monoisotopic (exact) mass is 272 g/mol. The lowest BCUT2D eigenvalue weighted by molar-refractivity contribution is 1.10. The minimum absolute atomic E-state index is 0.747. The van der Waals surface area contributed by atoms with E-state index < -0.39 is 0 Å². The Morgan fingerprint density at radius 3 is 3.11 bits per heavy atom. The van der Waals surface area contributed by atoms with Gasteiger partial charge in [-0.15, -0.1) is 11.3 Å². The minimum Gasteiger partial charge on any atom is -0.277 e. The van der Waals surface area contributed by atoms with Gasteiger partial charge in [-0.2, -0.15) is 5.10 Å². The van der Waals surface area contributed by atoms with E-state index in [9.17, 15) is 0 Å². The minimum atomic E-state index is 0.747. The molecule has 0 aliphatic heterocycles. The Bertz CT molecular complexity index is 742. The Labute approximate surface area is 113 Å². The molecule has 1 aliphatic rings. The number of H-pyrrole nitrogens is 1. The molecule has 0 radical (unpaired) electrons. The molecule has 3 aromatic rings. The molecule has 0 saturated carbocycles. The fourth-order valence-electron chi connectivity index (χ4n) is 2.50. The Morgan fingerprint density at radius 2 is 2.22 bits per heavy atom. The van der Waals surface area contributed by atoms with Crippen molar-refractivity contribution >= 4 is 22.9 Å². The average molecular weight is 273 g/mol. The fraction of sp³-hybridized carbons (Fsp3) is 0.0714. The summed E-state index contributed by atoms with van der Waals surface area (Å²) in [5, 5.41) is 10.5. The molecule has 0 unspecified atom stereocenters. The van der Waals surface area contributed by atoms with Crippen molar-refractivity contribution in [2.75, 3.05) is 0 Å². The summed E-state index contributed by atoms with van der Waals surface area (Å²) in [6, 6.07) is 10.0. The van der Waals surface area contributed by atoms with Crippen LogP contribution in [0.3, 0.4) is 0 Å². The zero-order valence-corrected chi connectivity index (χ0v) is 11.0. The lowest BCUT2D eigenvalue weighted by Crippen LogP contribution is -1.85. The number of hydrogen-bond acceptors (Lipinski definition) is 2. The molecule has 88 valence electrons. The first kappa shape index (κ1) is 10.4. The second kappa shape index (κ2) is 3.70. The Morgan fingerprint density at radius 1 is 1.28 bits per heavy atom. The van der Waals surface area contributed by atoms with Crippen LogP contribution in [0.25, 0.3) is 22.5 Å². The van der Waals surface area contributed by atoms with Crippen LogP contribution in [-0.2, 0) is 6.42 Å². The number of aromatic amines is 1. The molecule has 2 heterocycles. The maximum Gasteiger partial charge on any atom is 0.0963 e. The predicted molar refractivity (Wildman–Crippen MR) is 75.2 cm³/mol. The quantitative estimate of drug-likeness (QED) is 0.548. The number of fused-ring (bicyclic) bond motifs is 3. The van der Waals surface area contributed by atoms with Crippen molar-refractivity contribution in [3.8, 4) is 22.5 Å². The van der Waals surface area contributed by atoms with Crippen LogP contribution in [0.2, 0.25) is 5.02 Å². The number of aromatic nitrogens is 2. The highest BCUT2D eigenvalue weighted by molar-refractivity contribution is 7.10. The summed E-state index contributed by atoms with van der Waals surface area (Å²) in [6.45, 7) is 0. The van der Waals surface area contributed by atoms with Gasteiger partial charge in [0.1, 0.15) is 0 Å². The molecule has 1 aromatic carbocycles. The molecule has 18 heavy (non-hydrogen) atoms. The molecular weight excluding hydrogens is 264 g/mol. The molecule has 2 aromatic heterocycles. The van der Waals surface area contributed by atoms with E-state index in [1.807, 2.05) is 18.2 Å². The summed E-state index contributed by atoms with van der Waals surface area (Å²) < 4.78 is 0. The van der Waals surface area contributed by atoms with Crippen LogP contribution in [0.5, 0.6) is 0 Å². The zero-order valence-electron chi connectivity index (χ0n) is 9.40. The first-order chi connectivity index (χ1) is 8.83. The highest BCUT2D eigenvalue weighted by Gasteiger charge is 2.25. The van der Waals surface area contributed by atoms with E-state index in [1.165, 1.54) is 21.7 Å². The molecule has 0 saturated heterocycles. The third kappa shape index (κ3) is 1.38. The van der Waals surface area contributed by atoms with Crippen molar-refractivity contribution in [1.82, 2.24) is 10.2 Å². The number of hydrogen-bond donors (Lipinski definition) is 1. The molecule has 0 fully saturated rings. The van der Waals surface area contributed by atoms with Crippen LogP contribution in [0.1, 0.15) is 10.4 Å². The van der Waals surface area contributed by atoms with Crippen molar-refractivity contribution in [1.29, 1.82) is 0 Å². The predicted octanol–water partition coefficient (Wildman–Crippen LogP) is 4.36. The number of nitrogens with zero attached hydrogens (tertiary/aromatic N) is 1. The van der Waals surface area contributed by atoms with Crippen molar-refractivity contribution in [2.45, 2.75) is 6.42 Å². The third-order valence-electron chi connectivity index (χ3n) is 3.32. The maximum absolute atomic E-state index is 6.04. The van der Waals surface area contributed by atoms with Gasteiger partial charge in [-0.3, -0.25) is 5.10 Å². The molecule has 0 bridgehead atoms. The van der Waals surface area contributed by atoms with E-state index in [-0.39, 0.29) is 0 Å². The second-order valence-electron chi connectivity index (χ2n) is 4.37. The van der Waals surface area contributed by atoms with Gasteiger partial charge in [-0.05, 0) is 23.6 Å². The third-order valence-corrected chi connectivity index (χ3v) is 4.47. The number of rotatable bonds is 1. The number of thiophene rings is 1. The van der Waals surface area contributed by atoms with Gasteiger partial charge in [0, 0.05) is 33.0 Å².